The molecule has 5 heteroatoms. The fourth-order valence-electron chi connectivity index (χ4n) is 0.288. The molecule has 0 aromatic heterocycles. The Morgan fingerprint density at radius 2 is 2.50 bits per heavy atom. The lowest BCUT2D eigenvalue weighted by atomic mass is 10.4. The van der Waals surface area contributed by atoms with Crippen molar-refractivity contribution in [2.24, 2.45) is 5.16 Å². The number of rotatable bonds is 2. The number of carbonyl (C=O) groups is 1. The number of carbonyl (C=O) groups excluding carboxylic acids is 1. The highest BCUT2D eigenvalue weighted by molar-refractivity contribution is 6.45. The van der Waals surface area contributed by atoms with E-state index in [2.05, 4.69) is 17.0 Å². The molecule has 0 saturated heterocycles. The van der Waals surface area contributed by atoms with Crippen molar-refractivity contribution >= 4 is 11.6 Å². The summed E-state index contributed by atoms with van der Waals surface area (Å²) in [7, 11) is 4.29. The Bertz CT molecular complexity index is 192. The second-order valence-corrected chi connectivity index (χ2v) is 1.24. The van der Waals surface area contributed by atoms with Gasteiger partial charge in [-0.25, -0.2) is 0 Å². The third-order valence-electron chi connectivity index (χ3n) is 0.664. The van der Waals surface area contributed by atoms with E-state index < -0.39 is 5.91 Å². The van der Waals surface area contributed by atoms with E-state index in [4.69, 9.17) is 5.26 Å². The van der Waals surface area contributed by atoms with Crippen molar-refractivity contribution in [1.82, 2.24) is 5.32 Å². The van der Waals surface area contributed by atoms with Crippen LogP contribution < -0.4 is 5.32 Å². The summed E-state index contributed by atoms with van der Waals surface area (Å²) in [6.07, 6.45) is 0. The number of amides is 1. The fourth-order valence-corrected chi connectivity index (χ4v) is 0.288. The molecule has 0 unspecified atom stereocenters. The van der Waals surface area contributed by atoms with Crippen LogP contribution in [0.4, 0.5) is 0 Å². The van der Waals surface area contributed by atoms with Gasteiger partial charge in [-0.3, -0.25) is 4.79 Å². The second-order valence-electron chi connectivity index (χ2n) is 1.24. The number of nitrogens with one attached hydrogen (secondary N) is 1. The van der Waals surface area contributed by atoms with Gasteiger partial charge >= 0.3 is 0 Å². The van der Waals surface area contributed by atoms with E-state index >= 15 is 0 Å². The highest BCUT2D eigenvalue weighted by Gasteiger charge is 2.07. The van der Waals surface area contributed by atoms with E-state index in [0.29, 0.717) is 0 Å². The molecule has 0 atom stereocenters. The standard InChI is InChI=1S/C5H6N3O2/c1-7-5(9)4(3-6)8-10-2/h1H2,2H3,(H,7,9)/b8-4+. The molecule has 0 rings (SSSR count). The molecule has 0 aliphatic carbocycles. The van der Waals surface area contributed by atoms with Crippen LogP contribution in [0.3, 0.4) is 0 Å². The third-order valence-corrected chi connectivity index (χ3v) is 0.664. The summed E-state index contributed by atoms with van der Waals surface area (Å²) in [6.45, 7) is 0. The van der Waals surface area contributed by atoms with Gasteiger partial charge in [0.15, 0.2) is 0 Å². The maximum atomic E-state index is 10.5. The molecular formula is C5H6N3O2. The number of hydrogen-bond donors (Lipinski definition) is 1. The van der Waals surface area contributed by atoms with E-state index in [9.17, 15) is 4.79 Å². The fraction of sp³-hybridized carbons (Fsp3) is 0.200. The average Bonchev–Trinajstić information content (AvgIpc) is 1.99. The Kier molecular flexibility index (Phi) is 3.64. The van der Waals surface area contributed by atoms with Crippen LogP contribution >= 0.6 is 0 Å². The Balaban J connectivity index is 4.25. The topological polar surface area (TPSA) is 74.5 Å². The highest BCUT2D eigenvalue weighted by atomic mass is 16.6. The molecule has 0 aliphatic rings. The number of hydrogen-bond acceptors (Lipinski definition) is 4. The zero-order chi connectivity index (χ0) is 7.98. The van der Waals surface area contributed by atoms with Crippen molar-refractivity contribution in [3.05, 3.63) is 7.05 Å². The summed E-state index contributed by atoms with van der Waals surface area (Å²) in [5.74, 6) is -0.663. The van der Waals surface area contributed by atoms with Crippen LogP contribution in [0.25, 0.3) is 0 Å². The van der Waals surface area contributed by atoms with E-state index in [0.717, 1.165) is 0 Å². The van der Waals surface area contributed by atoms with Crippen LogP contribution in [0.15, 0.2) is 5.16 Å². The predicted octanol–water partition coefficient (Wildman–Crippen LogP) is -0.580. The molecule has 0 aromatic carbocycles. The monoisotopic (exact) mass is 140 g/mol. The maximum Gasteiger partial charge on any atom is 0.284 e. The van der Waals surface area contributed by atoms with Crippen LogP contribution in [0.1, 0.15) is 0 Å². The van der Waals surface area contributed by atoms with E-state index in [1.54, 1.807) is 0 Å². The summed E-state index contributed by atoms with van der Waals surface area (Å²) >= 11 is 0. The van der Waals surface area contributed by atoms with Gasteiger partial charge in [-0.05, 0) is 0 Å². The van der Waals surface area contributed by atoms with Crippen molar-refractivity contribution < 1.29 is 9.63 Å². The van der Waals surface area contributed by atoms with E-state index in [1.807, 2.05) is 5.32 Å². The molecule has 0 heterocycles. The normalized spacial score (nSPS) is 9.90. The zero-order valence-electron chi connectivity index (χ0n) is 5.42. The minimum Gasteiger partial charge on any atom is -0.398 e. The minimum absolute atomic E-state index is 0.350. The molecule has 0 fully saturated rings. The molecule has 0 bridgehead atoms. The molecule has 5 nitrogen and oxygen atoms in total. The molecule has 0 aromatic rings. The Labute approximate surface area is 58.3 Å². The van der Waals surface area contributed by atoms with E-state index in [1.165, 1.54) is 13.2 Å². The van der Waals surface area contributed by atoms with Gasteiger partial charge in [-0.1, -0.05) is 5.16 Å². The smallest absolute Gasteiger partial charge is 0.284 e. The van der Waals surface area contributed by atoms with Crippen LogP contribution in [-0.4, -0.2) is 18.7 Å². The Hall–Kier alpha value is -1.57. The summed E-state index contributed by atoms with van der Waals surface area (Å²) in [5.41, 5.74) is -0.350. The van der Waals surface area contributed by atoms with Gasteiger partial charge in [-0.2, -0.15) is 5.26 Å². The molecule has 1 amide bonds. The first-order valence-corrected chi connectivity index (χ1v) is 2.35. The van der Waals surface area contributed by atoms with Crippen LogP contribution in [0.2, 0.25) is 0 Å². The SMILES string of the molecule is [CH2]NC(=O)/C(C#N)=N/OC. The second kappa shape index (κ2) is 4.32. The third kappa shape index (κ3) is 2.13. The molecule has 1 radical (unpaired) electrons. The van der Waals surface area contributed by atoms with E-state index in [-0.39, 0.29) is 5.71 Å². The highest BCUT2D eigenvalue weighted by Crippen LogP contribution is 1.77. The van der Waals surface area contributed by atoms with Gasteiger partial charge in [0.1, 0.15) is 13.2 Å². The summed E-state index contributed by atoms with van der Waals surface area (Å²) in [4.78, 5) is 14.7. The Morgan fingerprint density at radius 1 is 1.90 bits per heavy atom. The van der Waals surface area contributed by atoms with Crippen molar-refractivity contribution in [2.75, 3.05) is 7.11 Å². The molecule has 53 valence electrons. The summed E-state index contributed by atoms with van der Waals surface area (Å²) < 4.78 is 0. The number of nitriles is 1. The van der Waals surface area contributed by atoms with Gasteiger partial charge in [-0.15, -0.1) is 0 Å². The molecule has 0 saturated carbocycles. The first kappa shape index (κ1) is 8.43. The van der Waals surface area contributed by atoms with Gasteiger partial charge < -0.3 is 10.2 Å². The van der Waals surface area contributed by atoms with Crippen molar-refractivity contribution in [2.45, 2.75) is 0 Å². The quantitative estimate of drug-likeness (QED) is 0.412. The summed E-state index contributed by atoms with van der Waals surface area (Å²) in [6, 6.07) is 1.53. The molecule has 10 heavy (non-hydrogen) atoms. The summed E-state index contributed by atoms with van der Waals surface area (Å²) in [5, 5.41) is 13.3. The first-order valence-electron chi connectivity index (χ1n) is 2.35. The van der Waals surface area contributed by atoms with Gasteiger partial charge in [0.25, 0.3) is 5.91 Å². The largest absolute Gasteiger partial charge is 0.398 e. The molecule has 0 aliphatic heterocycles. The minimum atomic E-state index is -0.663. The lowest BCUT2D eigenvalue weighted by molar-refractivity contribution is -0.114. The number of nitrogens with zero attached hydrogens (tertiary/aromatic N) is 2. The zero-order valence-corrected chi connectivity index (χ0v) is 5.42. The van der Waals surface area contributed by atoms with Crippen molar-refractivity contribution in [3.8, 4) is 6.07 Å². The van der Waals surface area contributed by atoms with Gasteiger partial charge in [0.05, 0.1) is 0 Å². The molecule has 1 N–H and O–H groups in total. The Morgan fingerprint density at radius 3 is 2.80 bits per heavy atom. The van der Waals surface area contributed by atoms with Crippen molar-refractivity contribution in [1.29, 1.82) is 5.26 Å². The lowest BCUT2D eigenvalue weighted by Gasteiger charge is -1.92. The van der Waals surface area contributed by atoms with Gasteiger partial charge in [0.2, 0.25) is 5.71 Å². The number of oxime groups is 1. The van der Waals surface area contributed by atoms with Crippen LogP contribution in [-0.2, 0) is 9.63 Å². The average molecular weight is 140 g/mol. The van der Waals surface area contributed by atoms with Crippen molar-refractivity contribution in [3.63, 3.8) is 0 Å². The lowest BCUT2D eigenvalue weighted by Crippen LogP contribution is -2.24. The van der Waals surface area contributed by atoms with Crippen LogP contribution in [0.5, 0.6) is 0 Å². The molecule has 0 spiro atoms. The van der Waals surface area contributed by atoms with Crippen LogP contribution in [0, 0.1) is 18.4 Å². The predicted molar refractivity (Wildman–Crippen MR) is 33.6 cm³/mol. The first-order chi connectivity index (χ1) is 4.76. The maximum absolute atomic E-state index is 10.5. The van der Waals surface area contributed by atoms with Gasteiger partial charge in [0, 0.05) is 7.05 Å². The molecular weight excluding hydrogens is 134 g/mol.